The van der Waals surface area contributed by atoms with Gasteiger partial charge in [-0.3, -0.25) is 4.98 Å². The molecule has 0 radical (unpaired) electrons. The Labute approximate surface area is 103 Å². The van der Waals surface area contributed by atoms with Crippen LogP contribution in [0.5, 0.6) is 0 Å². The van der Waals surface area contributed by atoms with Crippen molar-refractivity contribution in [1.82, 2.24) is 10.3 Å². The fourth-order valence-corrected chi connectivity index (χ4v) is 2.02. The van der Waals surface area contributed by atoms with Crippen LogP contribution in [-0.4, -0.2) is 12.0 Å². The minimum atomic E-state index is 0.346. The van der Waals surface area contributed by atoms with Crippen molar-refractivity contribution in [2.24, 2.45) is 0 Å². The lowest BCUT2D eigenvalue weighted by atomic mass is 9.99. The van der Waals surface area contributed by atoms with Gasteiger partial charge in [0.1, 0.15) is 0 Å². The molecule has 17 heavy (non-hydrogen) atoms. The first-order chi connectivity index (χ1) is 8.29. The third kappa shape index (κ3) is 3.14. The topological polar surface area (TPSA) is 24.9 Å². The predicted octanol–water partition coefficient (Wildman–Crippen LogP) is 2.89. The number of rotatable bonds is 4. The van der Waals surface area contributed by atoms with E-state index in [1.165, 1.54) is 11.1 Å². The van der Waals surface area contributed by atoms with Gasteiger partial charge >= 0.3 is 0 Å². The molecule has 0 aliphatic heterocycles. The van der Waals surface area contributed by atoms with Crippen molar-refractivity contribution in [1.29, 1.82) is 0 Å². The van der Waals surface area contributed by atoms with Gasteiger partial charge in [0, 0.05) is 17.9 Å². The van der Waals surface area contributed by atoms with Gasteiger partial charge in [-0.25, -0.2) is 0 Å². The lowest BCUT2D eigenvalue weighted by Crippen LogP contribution is -2.19. The van der Waals surface area contributed by atoms with Crippen molar-refractivity contribution in [3.05, 3.63) is 65.5 Å². The molecule has 0 saturated carbocycles. The molecule has 0 aliphatic carbocycles. The van der Waals surface area contributed by atoms with Crippen LogP contribution in [0.25, 0.3) is 0 Å². The highest BCUT2D eigenvalue weighted by molar-refractivity contribution is 5.23. The second-order valence-corrected chi connectivity index (χ2v) is 4.26. The number of nitrogens with zero attached hydrogens (tertiary/aromatic N) is 1. The molecule has 0 fully saturated rings. The highest BCUT2D eigenvalue weighted by Gasteiger charge is 2.09. The fraction of sp³-hybridized carbons (Fsp3) is 0.267. The number of aryl methyl sites for hydroxylation is 1. The number of aromatic nitrogens is 1. The predicted molar refractivity (Wildman–Crippen MR) is 70.9 cm³/mol. The average Bonchev–Trinajstić information content (AvgIpc) is 2.37. The first-order valence-corrected chi connectivity index (χ1v) is 5.93. The maximum atomic E-state index is 4.24. The van der Waals surface area contributed by atoms with Crippen molar-refractivity contribution in [3.8, 4) is 0 Å². The molecule has 0 bridgehead atoms. The summed E-state index contributed by atoms with van der Waals surface area (Å²) in [4.78, 5) is 4.24. The van der Waals surface area contributed by atoms with Crippen LogP contribution in [0.3, 0.4) is 0 Å². The monoisotopic (exact) mass is 226 g/mol. The van der Waals surface area contributed by atoms with Crippen molar-refractivity contribution >= 4 is 0 Å². The zero-order valence-corrected chi connectivity index (χ0v) is 10.4. The Bertz CT molecular complexity index is 465. The number of hydrogen-bond acceptors (Lipinski definition) is 2. The normalized spacial score (nSPS) is 12.4. The van der Waals surface area contributed by atoms with Gasteiger partial charge in [-0.15, -0.1) is 0 Å². The molecule has 1 unspecified atom stereocenters. The minimum Gasteiger partial charge on any atom is -0.313 e. The molecular weight excluding hydrogens is 208 g/mol. The molecule has 2 heteroatoms. The van der Waals surface area contributed by atoms with E-state index in [1.54, 1.807) is 0 Å². The lowest BCUT2D eigenvalue weighted by Gasteiger charge is -2.17. The SMILES string of the molecule is CNC(Cc1ccccc1)c1ccnc(C)c1. The number of hydrogen-bond donors (Lipinski definition) is 1. The summed E-state index contributed by atoms with van der Waals surface area (Å²) in [6.45, 7) is 2.03. The first-order valence-electron chi connectivity index (χ1n) is 5.93. The van der Waals surface area contributed by atoms with Crippen LogP contribution in [0, 0.1) is 6.92 Å². The summed E-state index contributed by atoms with van der Waals surface area (Å²) in [5, 5.41) is 3.37. The summed E-state index contributed by atoms with van der Waals surface area (Å²) in [7, 11) is 2.00. The zero-order valence-electron chi connectivity index (χ0n) is 10.4. The molecule has 1 heterocycles. The van der Waals surface area contributed by atoms with E-state index >= 15 is 0 Å². The number of pyridine rings is 1. The van der Waals surface area contributed by atoms with Gasteiger partial charge in [-0.05, 0) is 43.7 Å². The van der Waals surface area contributed by atoms with Crippen molar-refractivity contribution in [3.63, 3.8) is 0 Å². The maximum Gasteiger partial charge on any atom is 0.0375 e. The van der Waals surface area contributed by atoms with Gasteiger partial charge in [0.25, 0.3) is 0 Å². The lowest BCUT2D eigenvalue weighted by molar-refractivity contribution is 0.591. The second-order valence-electron chi connectivity index (χ2n) is 4.26. The van der Waals surface area contributed by atoms with Crippen LogP contribution in [-0.2, 0) is 6.42 Å². The third-order valence-electron chi connectivity index (χ3n) is 2.95. The van der Waals surface area contributed by atoms with E-state index in [0.717, 1.165) is 12.1 Å². The summed E-state index contributed by atoms with van der Waals surface area (Å²) >= 11 is 0. The Hall–Kier alpha value is -1.67. The molecule has 2 nitrogen and oxygen atoms in total. The van der Waals surface area contributed by atoms with Crippen LogP contribution in [0.2, 0.25) is 0 Å². The molecule has 1 atom stereocenters. The van der Waals surface area contributed by atoms with E-state index in [-0.39, 0.29) is 0 Å². The quantitative estimate of drug-likeness (QED) is 0.867. The summed E-state index contributed by atoms with van der Waals surface area (Å²) in [5.41, 5.74) is 3.71. The first kappa shape index (κ1) is 11.8. The van der Waals surface area contributed by atoms with E-state index in [0.29, 0.717) is 6.04 Å². The minimum absolute atomic E-state index is 0.346. The molecule has 1 aromatic heterocycles. The average molecular weight is 226 g/mol. The summed E-state index contributed by atoms with van der Waals surface area (Å²) < 4.78 is 0. The van der Waals surface area contributed by atoms with Gasteiger partial charge in [0.05, 0.1) is 0 Å². The fourth-order valence-electron chi connectivity index (χ4n) is 2.02. The maximum absolute atomic E-state index is 4.24. The highest BCUT2D eigenvalue weighted by atomic mass is 14.9. The molecule has 0 saturated heterocycles. The van der Waals surface area contributed by atoms with E-state index in [2.05, 4.69) is 52.8 Å². The van der Waals surface area contributed by atoms with E-state index in [4.69, 9.17) is 0 Å². The van der Waals surface area contributed by atoms with Crippen molar-refractivity contribution in [2.45, 2.75) is 19.4 Å². The Morgan fingerprint density at radius 1 is 1.18 bits per heavy atom. The van der Waals surface area contributed by atoms with Crippen LogP contribution in [0.15, 0.2) is 48.7 Å². The molecule has 0 spiro atoms. The van der Waals surface area contributed by atoms with Gasteiger partial charge < -0.3 is 5.32 Å². The number of likely N-dealkylation sites (N-methyl/N-ethyl adjacent to an activating group) is 1. The van der Waals surface area contributed by atoms with Crippen LogP contribution < -0.4 is 5.32 Å². The van der Waals surface area contributed by atoms with E-state index in [1.807, 2.05) is 20.2 Å². The molecular formula is C15H18N2. The smallest absolute Gasteiger partial charge is 0.0375 e. The van der Waals surface area contributed by atoms with E-state index in [9.17, 15) is 0 Å². The highest BCUT2D eigenvalue weighted by Crippen LogP contribution is 2.18. The Kier molecular flexibility index (Phi) is 3.89. The largest absolute Gasteiger partial charge is 0.313 e. The summed E-state index contributed by atoms with van der Waals surface area (Å²) in [6, 6.07) is 15.1. The number of benzene rings is 1. The van der Waals surface area contributed by atoms with Crippen LogP contribution >= 0.6 is 0 Å². The molecule has 0 aliphatic rings. The molecule has 2 aromatic rings. The van der Waals surface area contributed by atoms with Gasteiger partial charge in [0.2, 0.25) is 0 Å². The molecule has 1 N–H and O–H groups in total. The molecule has 0 amide bonds. The Morgan fingerprint density at radius 3 is 2.59 bits per heavy atom. The summed E-state index contributed by atoms with van der Waals surface area (Å²) in [5.74, 6) is 0. The van der Waals surface area contributed by atoms with Gasteiger partial charge in [-0.1, -0.05) is 30.3 Å². The van der Waals surface area contributed by atoms with Crippen molar-refractivity contribution < 1.29 is 0 Å². The van der Waals surface area contributed by atoms with Crippen molar-refractivity contribution in [2.75, 3.05) is 7.05 Å². The van der Waals surface area contributed by atoms with Crippen LogP contribution in [0.4, 0.5) is 0 Å². The molecule has 2 rings (SSSR count). The zero-order chi connectivity index (χ0) is 12.1. The van der Waals surface area contributed by atoms with E-state index < -0.39 is 0 Å². The Balaban J connectivity index is 2.17. The van der Waals surface area contributed by atoms with Crippen LogP contribution in [0.1, 0.15) is 22.9 Å². The Morgan fingerprint density at radius 2 is 1.94 bits per heavy atom. The second kappa shape index (κ2) is 5.60. The van der Waals surface area contributed by atoms with Gasteiger partial charge in [-0.2, -0.15) is 0 Å². The molecule has 1 aromatic carbocycles. The number of nitrogens with one attached hydrogen (secondary N) is 1. The van der Waals surface area contributed by atoms with Gasteiger partial charge in [0.15, 0.2) is 0 Å². The standard InChI is InChI=1S/C15H18N2/c1-12-10-14(8-9-17-12)15(16-2)11-13-6-4-3-5-7-13/h3-10,15-16H,11H2,1-2H3. The molecule has 88 valence electrons. The summed E-state index contributed by atoms with van der Waals surface area (Å²) in [6.07, 6.45) is 2.88. The third-order valence-corrected chi connectivity index (χ3v) is 2.95.